The molecule has 0 aliphatic heterocycles. The van der Waals surface area contributed by atoms with Crippen molar-refractivity contribution in [3.63, 3.8) is 0 Å². The van der Waals surface area contributed by atoms with E-state index in [0.717, 1.165) is 33.0 Å². The summed E-state index contributed by atoms with van der Waals surface area (Å²) in [6, 6.07) is 19.7. The molecule has 22 heavy (non-hydrogen) atoms. The Morgan fingerprint density at radius 2 is 1.91 bits per heavy atom. The summed E-state index contributed by atoms with van der Waals surface area (Å²) in [5, 5.41) is 6.40. The molecule has 0 spiro atoms. The smallest absolute Gasteiger partial charge is 0.155 e. The van der Waals surface area contributed by atoms with Gasteiger partial charge in [0.25, 0.3) is 0 Å². The highest BCUT2D eigenvalue weighted by atomic mass is 35.5. The van der Waals surface area contributed by atoms with Gasteiger partial charge in [-0.2, -0.15) is 5.10 Å². The van der Waals surface area contributed by atoms with Crippen LogP contribution >= 0.6 is 11.6 Å². The number of hydrogen-bond acceptors (Lipinski definition) is 2. The van der Waals surface area contributed by atoms with Gasteiger partial charge in [-0.25, -0.2) is 0 Å². The SMILES string of the molecule is Clc1cccc(Cn2ccc(-c3cc4ccccc4o3)n2)c1. The number of fused-ring (bicyclic) bond motifs is 1. The second-order valence-corrected chi connectivity index (χ2v) is 5.61. The first-order valence-electron chi connectivity index (χ1n) is 7.05. The molecule has 4 aromatic rings. The van der Waals surface area contributed by atoms with Crippen LogP contribution < -0.4 is 0 Å². The van der Waals surface area contributed by atoms with Crippen LogP contribution in [0, 0.1) is 0 Å². The molecule has 0 N–H and O–H groups in total. The highest BCUT2D eigenvalue weighted by Crippen LogP contribution is 2.26. The summed E-state index contributed by atoms with van der Waals surface area (Å²) in [7, 11) is 0. The number of nitrogens with zero attached hydrogens (tertiary/aromatic N) is 2. The molecule has 4 rings (SSSR count). The van der Waals surface area contributed by atoms with E-state index in [4.69, 9.17) is 16.0 Å². The number of rotatable bonds is 3. The van der Waals surface area contributed by atoms with E-state index in [2.05, 4.69) is 5.10 Å². The first-order valence-corrected chi connectivity index (χ1v) is 7.42. The Labute approximate surface area is 132 Å². The summed E-state index contributed by atoms with van der Waals surface area (Å²) in [6.07, 6.45) is 1.95. The van der Waals surface area contributed by atoms with E-state index in [-0.39, 0.29) is 0 Å². The van der Waals surface area contributed by atoms with E-state index < -0.39 is 0 Å². The summed E-state index contributed by atoms with van der Waals surface area (Å²) in [5.74, 6) is 0.783. The van der Waals surface area contributed by atoms with Crippen molar-refractivity contribution in [2.24, 2.45) is 0 Å². The highest BCUT2D eigenvalue weighted by Gasteiger charge is 2.09. The molecular formula is C18H13ClN2O. The molecule has 2 aromatic heterocycles. The number of para-hydroxylation sites is 1. The minimum Gasteiger partial charge on any atom is -0.454 e. The molecule has 0 atom stereocenters. The van der Waals surface area contributed by atoms with Gasteiger partial charge in [0, 0.05) is 16.6 Å². The molecule has 108 valence electrons. The van der Waals surface area contributed by atoms with Crippen LogP contribution in [0.15, 0.2) is 71.3 Å². The van der Waals surface area contributed by atoms with Gasteiger partial charge < -0.3 is 4.42 Å². The fourth-order valence-corrected chi connectivity index (χ4v) is 2.72. The van der Waals surface area contributed by atoms with E-state index >= 15 is 0 Å². The van der Waals surface area contributed by atoms with Gasteiger partial charge in [-0.05, 0) is 35.9 Å². The summed E-state index contributed by atoms with van der Waals surface area (Å²) >= 11 is 6.01. The first kappa shape index (κ1) is 13.2. The van der Waals surface area contributed by atoms with Crippen LogP contribution in [0.5, 0.6) is 0 Å². The predicted octanol–water partition coefficient (Wildman–Crippen LogP) is 5.00. The number of benzene rings is 2. The molecule has 4 heteroatoms. The topological polar surface area (TPSA) is 31.0 Å². The molecule has 3 nitrogen and oxygen atoms in total. The fraction of sp³-hybridized carbons (Fsp3) is 0.0556. The number of hydrogen-bond donors (Lipinski definition) is 0. The summed E-state index contributed by atoms with van der Waals surface area (Å²) in [6.45, 7) is 0.681. The van der Waals surface area contributed by atoms with Crippen LogP contribution in [0.4, 0.5) is 0 Å². The molecule has 0 aliphatic carbocycles. The molecule has 2 aromatic carbocycles. The Hall–Kier alpha value is -2.52. The minimum absolute atomic E-state index is 0.681. The number of halogens is 1. The number of aromatic nitrogens is 2. The van der Waals surface area contributed by atoms with Crippen molar-refractivity contribution in [2.75, 3.05) is 0 Å². The van der Waals surface area contributed by atoms with E-state index in [1.807, 2.05) is 71.5 Å². The first-order chi connectivity index (χ1) is 10.8. The van der Waals surface area contributed by atoms with Gasteiger partial charge in [0.2, 0.25) is 0 Å². The standard InChI is InChI=1S/C18H13ClN2O/c19-15-6-3-4-13(10-15)12-21-9-8-16(20-21)18-11-14-5-1-2-7-17(14)22-18/h1-11H,12H2. The summed E-state index contributed by atoms with van der Waals surface area (Å²) in [5.41, 5.74) is 2.83. The van der Waals surface area contributed by atoms with Gasteiger partial charge in [-0.1, -0.05) is 41.9 Å². The summed E-state index contributed by atoms with van der Waals surface area (Å²) < 4.78 is 7.72. The third-order valence-electron chi connectivity index (χ3n) is 3.55. The average molecular weight is 309 g/mol. The third kappa shape index (κ3) is 2.51. The minimum atomic E-state index is 0.681. The Bertz CT molecular complexity index is 906. The van der Waals surface area contributed by atoms with Gasteiger partial charge in [-0.3, -0.25) is 4.68 Å². The maximum atomic E-state index is 6.01. The van der Waals surface area contributed by atoms with Crippen LogP contribution in [0.3, 0.4) is 0 Å². The highest BCUT2D eigenvalue weighted by molar-refractivity contribution is 6.30. The normalized spacial score (nSPS) is 11.1. The Morgan fingerprint density at radius 1 is 1.00 bits per heavy atom. The van der Waals surface area contributed by atoms with Gasteiger partial charge in [0.05, 0.1) is 6.54 Å². The number of furan rings is 1. The lowest BCUT2D eigenvalue weighted by Crippen LogP contribution is -2.00. The third-order valence-corrected chi connectivity index (χ3v) is 3.79. The monoisotopic (exact) mass is 308 g/mol. The van der Waals surface area contributed by atoms with Crippen LogP contribution in [-0.2, 0) is 6.54 Å². The zero-order chi connectivity index (χ0) is 14.9. The lowest BCUT2D eigenvalue weighted by Gasteiger charge is -2.02. The lowest BCUT2D eigenvalue weighted by molar-refractivity contribution is 0.621. The second-order valence-electron chi connectivity index (χ2n) is 5.18. The van der Waals surface area contributed by atoms with Crippen LogP contribution in [-0.4, -0.2) is 9.78 Å². The van der Waals surface area contributed by atoms with Crippen molar-refractivity contribution < 1.29 is 4.42 Å². The van der Waals surface area contributed by atoms with Crippen molar-refractivity contribution >= 4 is 22.6 Å². The van der Waals surface area contributed by atoms with Crippen molar-refractivity contribution in [1.29, 1.82) is 0 Å². The van der Waals surface area contributed by atoms with Crippen molar-refractivity contribution in [2.45, 2.75) is 6.54 Å². The molecule has 0 saturated carbocycles. The molecule has 0 radical (unpaired) electrons. The van der Waals surface area contributed by atoms with E-state index in [0.29, 0.717) is 6.54 Å². The van der Waals surface area contributed by atoms with Gasteiger partial charge in [0.1, 0.15) is 11.3 Å². The van der Waals surface area contributed by atoms with Crippen molar-refractivity contribution in [3.05, 3.63) is 77.4 Å². The quantitative estimate of drug-likeness (QED) is 0.533. The van der Waals surface area contributed by atoms with Crippen LogP contribution in [0.1, 0.15) is 5.56 Å². The van der Waals surface area contributed by atoms with Crippen molar-refractivity contribution in [3.8, 4) is 11.5 Å². The maximum absolute atomic E-state index is 6.01. The molecule has 0 bridgehead atoms. The molecule has 0 amide bonds. The molecule has 0 fully saturated rings. The van der Waals surface area contributed by atoms with E-state index in [1.165, 1.54) is 0 Å². The molecular weight excluding hydrogens is 296 g/mol. The molecule has 0 aliphatic rings. The zero-order valence-electron chi connectivity index (χ0n) is 11.7. The maximum Gasteiger partial charge on any atom is 0.155 e. The Morgan fingerprint density at radius 3 is 2.77 bits per heavy atom. The molecule has 0 saturated heterocycles. The van der Waals surface area contributed by atoms with Crippen molar-refractivity contribution in [1.82, 2.24) is 9.78 Å². The lowest BCUT2D eigenvalue weighted by atomic mass is 10.2. The van der Waals surface area contributed by atoms with Gasteiger partial charge in [-0.15, -0.1) is 0 Å². The largest absolute Gasteiger partial charge is 0.454 e. The van der Waals surface area contributed by atoms with E-state index in [1.54, 1.807) is 0 Å². The second kappa shape index (κ2) is 5.35. The Balaban J connectivity index is 1.63. The fourth-order valence-electron chi connectivity index (χ4n) is 2.51. The van der Waals surface area contributed by atoms with Crippen LogP contribution in [0.2, 0.25) is 5.02 Å². The molecule has 2 heterocycles. The van der Waals surface area contributed by atoms with Crippen LogP contribution in [0.25, 0.3) is 22.4 Å². The summed E-state index contributed by atoms with van der Waals surface area (Å²) in [4.78, 5) is 0. The molecule has 0 unspecified atom stereocenters. The van der Waals surface area contributed by atoms with E-state index in [9.17, 15) is 0 Å². The zero-order valence-corrected chi connectivity index (χ0v) is 12.5. The predicted molar refractivity (Wildman–Crippen MR) is 88.0 cm³/mol. The van der Waals surface area contributed by atoms with Gasteiger partial charge in [0.15, 0.2) is 5.76 Å². The van der Waals surface area contributed by atoms with Gasteiger partial charge >= 0.3 is 0 Å². The average Bonchev–Trinajstić information content (AvgIpc) is 3.13. The Kier molecular flexibility index (Phi) is 3.20.